The number of piperidine rings is 1. The maximum absolute atomic E-state index is 9.88. The lowest BCUT2D eigenvalue weighted by Crippen LogP contribution is -2.47. The Bertz CT molecular complexity index is 811. The zero-order valence-corrected chi connectivity index (χ0v) is 14.9. The van der Waals surface area contributed by atoms with Gasteiger partial charge in [0.05, 0.1) is 31.8 Å². The van der Waals surface area contributed by atoms with Gasteiger partial charge >= 0.3 is 0 Å². The molecule has 4 aliphatic rings. The average Bonchev–Trinajstić information content (AvgIpc) is 2.67. The fourth-order valence-corrected chi connectivity index (χ4v) is 4.43. The van der Waals surface area contributed by atoms with Crippen molar-refractivity contribution in [2.45, 2.75) is 25.7 Å². The average molecular weight is 337 g/mol. The summed E-state index contributed by atoms with van der Waals surface area (Å²) in [5, 5.41) is 13.4. The van der Waals surface area contributed by atoms with Crippen LogP contribution in [0.3, 0.4) is 0 Å². The molecule has 5 rings (SSSR count). The van der Waals surface area contributed by atoms with Gasteiger partial charge in [-0.3, -0.25) is 0 Å². The number of rotatable bonds is 3. The van der Waals surface area contributed by atoms with E-state index >= 15 is 0 Å². The molecule has 1 atom stereocenters. The quantitative estimate of drug-likeness (QED) is 0.918. The minimum Gasteiger partial charge on any atom is -0.497 e. The number of hydrogen-bond acceptors (Lipinski definition) is 5. The Labute approximate surface area is 148 Å². The lowest BCUT2D eigenvalue weighted by molar-refractivity contribution is 0.186. The summed E-state index contributed by atoms with van der Waals surface area (Å²) < 4.78 is 11.1. The molecular weight excluding hydrogens is 314 g/mol. The molecule has 5 heteroatoms. The highest BCUT2D eigenvalue weighted by Crippen LogP contribution is 2.49. The van der Waals surface area contributed by atoms with Crippen molar-refractivity contribution in [1.82, 2.24) is 10.2 Å². The molecular formula is C20H23N3O2. The third-order valence-corrected chi connectivity index (χ3v) is 5.68. The number of methoxy groups -OCH3 is 2. The van der Waals surface area contributed by atoms with Crippen LogP contribution < -0.4 is 14.8 Å². The third-order valence-electron chi connectivity index (χ3n) is 5.68. The van der Waals surface area contributed by atoms with Crippen molar-refractivity contribution in [1.29, 1.82) is 5.26 Å². The van der Waals surface area contributed by atoms with Crippen molar-refractivity contribution < 1.29 is 9.47 Å². The molecule has 0 saturated carbocycles. The number of ether oxygens (including phenoxy) is 2. The summed E-state index contributed by atoms with van der Waals surface area (Å²) in [6.45, 7) is 4.12. The van der Waals surface area contributed by atoms with Gasteiger partial charge in [0.15, 0.2) is 0 Å². The van der Waals surface area contributed by atoms with Crippen LogP contribution in [0.15, 0.2) is 40.9 Å². The van der Waals surface area contributed by atoms with Gasteiger partial charge in [0.25, 0.3) is 0 Å². The van der Waals surface area contributed by atoms with Crippen LogP contribution in [0.2, 0.25) is 0 Å². The van der Waals surface area contributed by atoms with Crippen molar-refractivity contribution in [2.75, 3.05) is 27.3 Å². The minimum absolute atomic E-state index is 0.102. The standard InChI is InChI=1S/C20H23N3O2/c1-12-16(11-21)18(15-10-14(24-2)4-5-17(15)25-3)20-19(22-12)13-6-8-23(20)9-7-13/h4-5,10,13,18,22H,6-9H2,1-3H3. The number of fused-ring (bicyclic) bond motifs is 2. The smallest absolute Gasteiger partial charge is 0.123 e. The second kappa shape index (κ2) is 6.03. The van der Waals surface area contributed by atoms with Crippen molar-refractivity contribution in [3.8, 4) is 17.6 Å². The Morgan fingerprint density at radius 2 is 1.96 bits per heavy atom. The van der Waals surface area contributed by atoms with Gasteiger partial charge in [0, 0.05) is 41.7 Å². The van der Waals surface area contributed by atoms with Crippen molar-refractivity contribution >= 4 is 0 Å². The number of hydrogen-bond donors (Lipinski definition) is 1. The molecule has 0 amide bonds. The van der Waals surface area contributed by atoms with Crippen LogP contribution in [0.4, 0.5) is 0 Å². The van der Waals surface area contributed by atoms with Gasteiger partial charge in [-0.2, -0.15) is 5.26 Å². The number of nitriles is 1. The van der Waals surface area contributed by atoms with Gasteiger partial charge in [-0.15, -0.1) is 0 Å². The summed E-state index contributed by atoms with van der Waals surface area (Å²) in [7, 11) is 3.34. The molecule has 25 heavy (non-hydrogen) atoms. The first-order chi connectivity index (χ1) is 12.2. The predicted molar refractivity (Wildman–Crippen MR) is 95.1 cm³/mol. The highest BCUT2D eigenvalue weighted by atomic mass is 16.5. The monoisotopic (exact) mass is 337 g/mol. The van der Waals surface area contributed by atoms with Crippen LogP contribution in [-0.4, -0.2) is 32.2 Å². The second-order valence-electron chi connectivity index (χ2n) is 6.88. The summed E-state index contributed by atoms with van der Waals surface area (Å²) in [5.74, 6) is 2.04. The van der Waals surface area contributed by atoms with E-state index in [-0.39, 0.29) is 5.92 Å². The molecule has 4 aliphatic heterocycles. The van der Waals surface area contributed by atoms with E-state index in [9.17, 15) is 5.26 Å². The number of nitrogens with zero attached hydrogens (tertiary/aromatic N) is 2. The lowest BCUT2D eigenvalue weighted by Gasteiger charge is -2.49. The number of nitrogens with one attached hydrogen (secondary N) is 1. The normalized spacial score (nSPS) is 22.5. The van der Waals surface area contributed by atoms with Gasteiger partial charge < -0.3 is 19.7 Å². The highest BCUT2D eigenvalue weighted by Gasteiger charge is 2.42. The van der Waals surface area contributed by atoms with E-state index in [1.807, 2.05) is 25.1 Å². The maximum Gasteiger partial charge on any atom is 0.123 e. The number of dihydropyridines is 1. The minimum atomic E-state index is -0.102. The molecule has 0 spiro atoms. The number of benzene rings is 1. The second-order valence-corrected chi connectivity index (χ2v) is 6.88. The van der Waals surface area contributed by atoms with Crippen LogP contribution in [0.5, 0.6) is 11.5 Å². The molecule has 1 aromatic rings. The van der Waals surface area contributed by atoms with Gasteiger partial charge in [-0.05, 0) is 38.0 Å². The third kappa shape index (κ3) is 2.36. The van der Waals surface area contributed by atoms with Gasteiger partial charge in [0.2, 0.25) is 0 Å². The van der Waals surface area contributed by atoms with Crippen LogP contribution in [0.1, 0.15) is 31.2 Å². The Hall–Kier alpha value is -2.61. The van der Waals surface area contributed by atoms with E-state index in [2.05, 4.69) is 16.3 Å². The molecule has 0 aromatic heterocycles. The van der Waals surface area contributed by atoms with Crippen molar-refractivity contribution in [3.63, 3.8) is 0 Å². The van der Waals surface area contributed by atoms with E-state index in [0.717, 1.165) is 41.4 Å². The lowest BCUT2D eigenvalue weighted by atomic mass is 9.76. The van der Waals surface area contributed by atoms with E-state index in [0.29, 0.717) is 5.92 Å². The first kappa shape index (κ1) is 15.9. The first-order valence-corrected chi connectivity index (χ1v) is 8.76. The summed E-state index contributed by atoms with van der Waals surface area (Å²) >= 11 is 0. The number of allylic oxidation sites excluding steroid dienone is 3. The molecule has 1 fully saturated rings. The topological polar surface area (TPSA) is 57.5 Å². The summed E-state index contributed by atoms with van der Waals surface area (Å²) in [5.41, 5.74) is 5.25. The molecule has 1 aromatic carbocycles. The molecule has 0 aliphatic carbocycles. The van der Waals surface area contributed by atoms with Crippen molar-refractivity contribution in [3.05, 3.63) is 46.4 Å². The fraction of sp³-hybridized carbons (Fsp3) is 0.450. The fourth-order valence-electron chi connectivity index (χ4n) is 4.43. The highest BCUT2D eigenvalue weighted by molar-refractivity contribution is 5.57. The van der Waals surface area contributed by atoms with Gasteiger partial charge in [0.1, 0.15) is 11.5 Å². The molecule has 5 nitrogen and oxygen atoms in total. The largest absolute Gasteiger partial charge is 0.497 e. The molecule has 1 unspecified atom stereocenters. The van der Waals surface area contributed by atoms with Gasteiger partial charge in [-0.25, -0.2) is 0 Å². The summed E-state index contributed by atoms with van der Waals surface area (Å²) in [6.07, 6.45) is 2.37. The molecule has 130 valence electrons. The summed E-state index contributed by atoms with van der Waals surface area (Å²) in [6, 6.07) is 8.28. The molecule has 1 N–H and O–H groups in total. The summed E-state index contributed by atoms with van der Waals surface area (Å²) in [4.78, 5) is 2.44. The van der Waals surface area contributed by atoms with Crippen LogP contribution >= 0.6 is 0 Å². The van der Waals surface area contributed by atoms with Crippen LogP contribution in [0, 0.1) is 17.2 Å². The predicted octanol–water partition coefficient (Wildman–Crippen LogP) is 3.13. The van der Waals surface area contributed by atoms with Crippen LogP contribution in [-0.2, 0) is 0 Å². The SMILES string of the molecule is COc1ccc(OC)c(C2C(C#N)=C(C)NC3=C2N2CCC3CC2)c1. The van der Waals surface area contributed by atoms with E-state index in [1.54, 1.807) is 14.2 Å². The molecule has 0 radical (unpaired) electrons. The van der Waals surface area contributed by atoms with E-state index < -0.39 is 0 Å². The van der Waals surface area contributed by atoms with Crippen molar-refractivity contribution in [2.24, 2.45) is 5.92 Å². The maximum atomic E-state index is 9.88. The van der Waals surface area contributed by atoms with Gasteiger partial charge in [-0.1, -0.05) is 0 Å². The Morgan fingerprint density at radius 3 is 2.60 bits per heavy atom. The Morgan fingerprint density at radius 1 is 1.20 bits per heavy atom. The Kier molecular flexibility index (Phi) is 3.84. The molecule has 2 bridgehead atoms. The molecule has 4 heterocycles. The first-order valence-electron chi connectivity index (χ1n) is 8.76. The Balaban J connectivity index is 1.93. The molecule has 1 saturated heterocycles. The zero-order valence-electron chi connectivity index (χ0n) is 14.9. The van der Waals surface area contributed by atoms with E-state index in [4.69, 9.17) is 9.47 Å². The zero-order chi connectivity index (χ0) is 17.6. The van der Waals surface area contributed by atoms with E-state index in [1.165, 1.54) is 24.2 Å². The van der Waals surface area contributed by atoms with Crippen LogP contribution in [0.25, 0.3) is 0 Å².